The number of hydrogen-bond acceptors (Lipinski definition) is 5. The molecule has 0 amide bonds. The molecule has 6 heteroatoms. The number of ether oxygens (including phenoxy) is 1. The van der Waals surface area contributed by atoms with Gasteiger partial charge in [0.1, 0.15) is 5.75 Å². The maximum Gasteiger partial charge on any atom is 0.237 e. The molecule has 2 fully saturated rings. The first kappa shape index (κ1) is 17.2. The summed E-state index contributed by atoms with van der Waals surface area (Å²) in [5.41, 5.74) is 7.15. The van der Waals surface area contributed by atoms with Crippen molar-refractivity contribution in [1.29, 1.82) is 0 Å². The molecule has 24 heavy (non-hydrogen) atoms. The minimum Gasteiger partial charge on any atom is -0.497 e. The molecule has 2 N–H and O–H groups in total. The van der Waals surface area contributed by atoms with Gasteiger partial charge in [0.25, 0.3) is 0 Å². The number of methoxy groups -OCH3 is 1. The zero-order chi connectivity index (χ0) is 15.9. The molecule has 0 aliphatic heterocycles. The molecule has 130 valence electrons. The van der Waals surface area contributed by atoms with Gasteiger partial charge in [-0.25, -0.2) is 0 Å². The van der Waals surface area contributed by atoms with Crippen molar-refractivity contribution >= 4 is 12.4 Å². The maximum atomic E-state index is 6.47. The summed E-state index contributed by atoms with van der Waals surface area (Å²) in [7, 11) is 1.68. The predicted molar refractivity (Wildman–Crippen MR) is 93.5 cm³/mol. The zero-order valence-electron chi connectivity index (χ0n) is 14.0. The second-order valence-corrected chi connectivity index (χ2v) is 6.95. The van der Waals surface area contributed by atoms with Gasteiger partial charge in [-0.2, -0.15) is 4.98 Å². The number of aromatic nitrogens is 2. The second kappa shape index (κ2) is 6.37. The van der Waals surface area contributed by atoms with Crippen LogP contribution in [-0.4, -0.2) is 17.3 Å². The maximum absolute atomic E-state index is 6.47. The summed E-state index contributed by atoms with van der Waals surface area (Å²) >= 11 is 0. The van der Waals surface area contributed by atoms with Crippen molar-refractivity contribution < 1.29 is 9.26 Å². The van der Waals surface area contributed by atoms with E-state index in [1.165, 1.54) is 12.0 Å². The monoisotopic (exact) mass is 349 g/mol. The van der Waals surface area contributed by atoms with Gasteiger partial charge in [-0.15, -0.1) is 12.4 Å². The van der Waals surface area contributed by atoms with E-state index in [4.69, 9.17) is 20.0 Å². The number of hydrogen-bond donors (Lipinski definition) is 1. The molecule has 1 aromatic carbocycles. The number of nitrogens with two attached hydrogens (primary N) is 1. The molecule has 2 aliphatic carbocycles. The molecular formula is C18H24ClN3O2. The van der Waals surface area contributed by atoms with Crippen LogP contribution in [0.1, 0.15) is 62.2 Å². The van der Waals surface area contributed by atoms with E-state index in [0.29, 0.717) is 5.82 Å². The van der Waals surface area contributed by atoms with Gasteiger partial charge in [0.15, 0.2) is 5.82 Å². The highest BCUT2D eigenvalue weighted by Gasteiger charge is 2.46. The smallest absolute Gasteiger partial charge is 0.237 e. The number of rotatable bonds is 4. The van der Waals surface area contributed by atoms with Crippen molar-refractivity contribution in [1.82, 2.24) is 10.1 Å². The van der Waals surface area contributed by atoms with E-state index in [1.54, 1.807) is 7.11 Å². The molecule has 2 saturated carbocycles. The van der Waals surface area contributed by atoms with Gasteiger partial charge in [-0.3, -0.25) is 0 Å². The number of halogens is 1. The fraction of sp³-hybridized carbons (Fsp3) is 0.556. The second-order valence-electron chi connectivity index (χ2n) is 6.95. The number of nitrogens with zero attached hydrogens (tertiary/aromatic N) is 2. The molecule has 5 nitrogen and oxygen atoms in total. The summed E-state index contributed by atoms with van der Waals surface area (Å²) in [6, 6.07) is 8.20. The third-order valence-corrected chi connectivity index (χ3v) is 5.63. The molecule has 1 heterocycles. The van der Waals surface area contributed by atoms with Gasteiger partial charge < -0.3 is 15.0 Å². The lowest BCUT2D eigenvalue weighted by Crippen LogP contribution is -2.37. The Bertz CT molecular complexity index is 689. The number of benzene rings is 1. The third-order valence-electron chi connectivity index (χ3n) is 5.63. The SMILES string of the molecule is COc1ccc(C2(c3nc(C4(N)CCCC4)no3)CCC2)cc1.Cl. The Morgan fingerprint density at radius 2 is 1.71 bits per heavy atom. The molecule has 0 atom stereocenters. The van der Waals surface area contributed by atoms with Gasteiger partial charge >= 0.3 is 0 Å². The molecule has 0 unspecified atom stereocenters. The summed E-state index contributed by atoms with van der Waals surface area (Å²) in [4.78, 5) is 4.74. The lowest BCUT2D eigenvalue weighted by Gasteiger charge is -2.39. The largest absolute Gasteiger partial charge is 0.497 e. The predicted octanol–water partition coefficient (Wildman–Crippen LogP) is 3.70. The molecule has 2 aromatic rings. The van der Waals surface area contributed by atoms with Gasteiger partial charge in [0.2, 0.25) is 5.89 Å². The normalized spacial score (nSPS) is 20.9. The topological polar surface area (TPSA) is 74.2 Å². The highest BCUT2D eigenvalue weighted by atomic mass is 35.5. The average Bonchev–Trinajstić information content (AvgIpc) is 3.18. The molecular weight excluding hydrogens is 326 g/mol. The molecule has 0 radical (unpaired) electrons. The van der Waals surface area contributed by atoms with Crippen LogP contribution < -0.4 is 10.5 Å². The van der Waals surface area contributed by atoms with Crippen LogP contribution in [0.2, 0.25) is 0 Å². The van der Waals surface area contributed by atoms with Crippen LogP contribution in [0.5, 0.6) is 5.75 Å². The van der Waals surface area contributed by atoms with Crippen LogP contribution in [0.3, 0.4) is 0 Å². The quantitative estimate of drug-likeness (QED) is 0.910. The lowest BCUT2D eigenvalue weighted by atomic mass is 9.64. The molecule has 4 rings (SSSR count). The van der Waals surface area contributed by atoms with Crippen molar-refractivity contribution in [2.24, 2.45) is 5.73 Å². The highest BCUT2D eigenvalue weighted by Crippen LogP contribution is 2.49. The van der Waals surface area contributed by atoms with E-state index >= 15 is 0 Å². The highest BCUT2D eigenvalue weighted by molar-refractivity contribution is 5.85. The molecule has 2 aliphatic rings. The van der Waals surface area contributed by atoms with Crippen LogP contribution in [0, 0.1) is 0 Å². The fourth-order valence-corrected chi connectivity index (χ4v) is 3.92. The van der Waals surface area contributed by atoms with Crippen molar-refractivity contribution in [3.63, 3.8) is 0 Å². The summed E-state index contributed by atoms with van der Waals surface area (Å²) in [6.45, 7) is 0. The first-order valence-corrected chi connectivity index (χ1v) is 8.44. The summed E-state index contributed by atoms with van der Waals surface area (Å²) in [6.07, 6.45) is 7.44. The van der Waals surface area contributed by atoms with Crippen molar-refractivity contribution in [3.8, 4) is 5.75 Å². The summed E-state index contributed by atoms with van der Waals surface area (Å²) in [5.74, 6) is 2.27. The van der Waals surface area contributed by atoms with Crippen LogP contribution in [0.15, 0.2) is 28.8 Å². The Morgan fingerprint density at radius 3 is 2.25 bits per heavy atom. The molecule has 0 spiro atoms. The lowest BCUT2D eigenvalue weighted by molar-refractivity contribution is 0.215. The fourth-order valence-electron chi connectivity index (χ4n) is 3.92. The van der Waals surface area contributed by atoms with E-state index in [1.807, 2.05) is 12.1 Å². The Kier molecular flexibility index (Phi) is 4.58. The van der Waals surface area contributed by atoms with E-state index in [0.717, 1.165) is 50.2 Å². The average molecular weight is 350 g/mol. The van der Waals surface area contributed by atoms with Crippen molar-refractivity contribution in [2.75, 3.05) is 7.11 Å². The molecule has 0 saturated heterocycles. The van der Waals surface area contributed by atoms with E-state index in [9.17, 15) is 0 Å². The minimum atomic E-state index is -0.396. The zero-order valence-corrected chi connectivity index (χ0v) is 14.8. The van der Waals surface area contributed by atoms with Gasteiger partial charge in [-0.1, -0.05) is 36.6 Å². The van der Waals surface area contributed by atoms with Crippen LogP contribution in [-0.2, 0) is 11.0 Å². The minimum absolute atomic E-state index is 0. The van der Waals surface area contributed by atoms with E-state index < -0.39 is 5.54 Å². The Hall–Kier alpha value is -1.59. The summed E-state index contributed by atoms with van der Waals surface area (Å²) < 4.78 is 10.9. The van der Waals surface area contributed by atoms with Gasteiger partial charge in [0.05, 0.1) is 18.1 Å². The van der Waals surface area contributed by atoms with Gasteiger partial charge in [-0.05, 0) is 43.4 Å². The third kappa shape index (κ3) is 2.60. The van der Waals surface area contributed by atoms with Crippen molar-refractivity contribution in [2.45, 2.75) is 55.9 Å². The summed E-state index contributed by atoms with van der Waals surface area (Å²) in [5, 5.41) is 4.24. The van der Waals surface area contributed by atoms with Crippen LogP contribution in [0.25, 0.3) is 0 Å². The van der Waals surface area contributed by atoms with Crippen LogP contribution >= 0.6 is 12.4 Å². The first-order chi connectivity index (χ1) is 11.2. The first-order valence-electron chi connectivity index (χ1n) is 8.44. The standard InChI is InChI=1S/C18H23N3O2.ClH/c1-22-14-7-5-13(6-8-14)17(9-4-10-17)16-20-15(21-23-16)18(19)11-2-3-12-18;/h5-8H,2-4,9-12,19H2,1H3;1H. The Morgan fingerprint density at radius 1 is 1.04 bits per heavy atom. The van der Waals surface area contributed by atoms with Crippen molar-refractivity contribution in [3.05, 3.63) is 41.5 Å². The molecule has 1 aromatic heterocycles. The van der Waals surface area contributed by atoms with Crippen LogP contribution in [0.4, 0.5) is 0 Å². The van der Waals surface area contributed by atoms with Gasteiger partial charge in [0, 0.05) is 0 Å². The van der Waals surface area contributed by atoms with E-state index in [-0.39, 0.29) is 17.8 Å². The van der Waals surface area contributed by atoms with E-state index in [2.05, 4.69) is 17.3 Å². The molecule has 0 bridgehead atoms. The Labute approximate surface area is 148 Å². The Balaban J connectivity index is 0.00000169.